The molecule has 4 rings (SSSR count). The Bertz CT molecular complexity index is 663. The molecule has 0 unspecified atom stereocenters. The predicted molar refractivity (Wildman–Crippen MR) is 119 cm³/mol. The minimum Gasteiger partial charge on any atom is -0.393 e. The predicted octanol–water partition coefficient (Wildman–Crippen LogP) is 6.57. The summed E-state index contributed by atoms with van der Waals surface area (Å²) in [4.78, 5) is 12.3. The summed E-state index contributed by atoms with van der Waals surface area (Å²) in [5, 5.41) is 10.3. The minimum absolute atomic E-state index is 0.169. The maximum absolute atomic E-state index is 12.3. The molecular weight excluding hydrogens is 356 g/mol. The van der Waals surface area contributed by atoms with Gasteiger partial charge in [0.25, 0.3) is 0 Å². The average molecular weight is 401 g/mol. The zero-order valence-electron chi connectivity index (χ0n) is 19.5. The zero-order chi connectivity index (χ0) is 21.0. The van der Waals surface area contributed by atoms with E-state index in [-0.39, 0.29) is 11.5 Å². The number of carbonyl (C=O) groups is 1. The molecule has 1 N–H and O–H groups in total. The molecule has 164 valence electrons. The van der Waals surface area contributed by atoms with Gasteiger partial charge < -0.3 is 5.11 Å². The SMILES string of the molecule is CC(C)CCC[C@@H](C)[C@H]1CC[C@H]2[C@@H]3C(C=O)=C4C[C@@H](O)CC[C@]4(C)[C@H]3CC[C@]12C. The van der Waals surface area contributed by atoms with Crippen molar-refractivity contribution in [2.75, 3.05) is 0 Å². The van der Waals surface area contributed by atoms with E-state index in [1.165, 1.54) is 56.8 Å². The molecular formula is C27H44O2. The van der Waals surface area contributed by atoms with Gasteiger partial charge in [-0.2, -0.15) is 0 Å². The number of aliphatic hydroxyl groups excluding tert-OH is 1. The summed E-state index contributed by atoms with van der Waals surface area (Å²) in [7, 11) is 0. The van der Waals surface area contributed by atoms with Crippen LogP contribution in [-0.2, 0) is 4.79 Å². The van der Waals surface area contributed by atoms with Gasteiger partial charge in [0.05, 0.1) is 6.10 Å². The van der Waals surface area contributed by atoms with Crippen molar-refractivity contribution in [1.82, 2.24) is 0 Å². The molecule has 0 aromatic heterocycles. The van der Waals surface area contributed by atoms with Crippen molar-refractivity contribution in [3.63, 3.8) is 0 Å². The molecule has 0 aromatic carbocycles. The van der Waals surface area contributed by atoms with E-state index in [2.05, 4.69) is 34.6 Å². The van der Waals surface area contributed by atoms with Gasteiger partial charge >= 0.3 is 0 Å². The van der Waals surface area contributed by atoms with E-state index in [0.717, 1.165) is 42.6 Å². The maximum Gasteiger partial charge on any atom is 0.146 e. The van der Waals surface area contributed by atoms with Gasteiger partial charge in [-0.1, -0.05) is 59.5 Å². The molecule has 0 aromatic rings. The summed E-state index contributed by atoms with van der Waals surface area (Å²) in [5.41, 5.74) is 3.04. The largest absolute Gasteiger partial charge is 0.393 e. The Kier molecular flexibility index (Phi) is 5.82. The first-order valence-electron chi connectivity index (χ1n) is 12.6. The normalized spacial score (nSPS) is 45.1. The fourth-order valence-electron chi connectivity index (χ4n) is 8.71. The molecule has 0 heterocycles. The summed E-state index contributed by atoms with van der Waals surface area (Å²) in [6.07, 6.45) is 13.1. The Balaban J connectivity index is 1.58. The Labute approximate surface area is 178 Å². The molecule has 0 bridgehead atoms. The smallest absolute Gasteiger partial charge is 0.146 e. The number of hydrogen-bond donors (Lipinski definition) is 1. The summed E-state index contributed by atoms with van der Waals surface area (Å²) in [6, 6.07) is 0. The Morgan fingerprint density at radius 1 is 1.03 bits per heavy atom. The van der Waals surface area contributed by atoms with Crippen LogP contribution in [0.3, 0.4) is 0 Å². The van der Waals surface area contributed by atoms with Crippen molar-refractivity contribution in [1.29, 1.82) is 0 Å². The van der Waals surface area contributed by atoms with Crippen molar-refractivity contribution >= 4 is 6.29 Å². The van der Waals surface area contributed by atoms with E-state index in [1.807, 2.05) is 0 Å². The van der Waals surface area contributed by atoms with Crippen LogP contribution in [0.4, 0.5) is 0 Å². The molecule has 0 spiro atoms. The number of aldehydes is 1. The lowest BCUT2D eigenvalue weighted by Gasteiger charge is -2.52. The summed E-state index contributed by atoms with van der Waals surface area (Å²) < 4.78 is 0. The van der Waals surface area contributed by atoms with E-state index in [9.17, 15) is 9.90 Å². The number of fused-ring (bicyclic) bond motifs is 5. The van der Waals surface area contributed by atoms with Gasteiger partial charge in [-0.25, -0.2) is 0 Å². The van der Waals surface area contributed by atoms with E-state index in [4.69, 9.17) is 0 Å². The molecule has 2 heteroatoms. The molecule has 0 saturated heterocycles. The minimum atomic E-state index is -0.239. The Hall–Kier alpha value is -0.630. The molecule has 2 nitrogen and oxygen atoms in total. The molecule has 8 atom stereocenters. The zero-order valence-corrected chi connectivity index (χ0v) is 19.5. The van der Waals surface area contributed by atoms with E-state index >= 15 is 0 Å². The highest BCUT2D eigenvalue weighted by Crippen LogP contribution is 2.70. The third kappa shape index (κ3) is 3.36. The Morgan fingerprint density at radius 2 is 1.79 bits per heavy atom. The van der Waals surface area contributed by atoms with E-state index in [1.54, 1.807) is 0 Å². The summed E-state index contributed by atoms with van der Waals surface area (Å²) >= 11 is 0. The van der Waals surface area contributed by atoms with Crippen LogP contribution in [0.5, 0.6) is 0 Å². The van der Waals surface area contributed by atoms with Crippen molar-refractivity contribution < 1.29 is 9.90 Å². The first-order valence-corrected chi connectivity index (χ1v) is 12.6. The second kappa shape index (κ2) is 7.81. The number of aliphatic hydroxyl groups is 1. The van der Waals surface area contributed by atoms with Crippen LogP contribution in [0.2, 0.25) is 0 Å². The molecule has 29 heavy (non-hydrogen) atoms. The molecule has 4 aliphatic carbocycles. The fourth-order valence-corrected chi connectivity index (χ4v) is 8.71. The first kappa shape index (κ1) is 21.6. The molecule has 3 fully saturated rings. The fraction of sp³-hybridized carbons (Fsp3) is 0.889. The van der Waals surface area contributed by atoms with Gasteiger partial charge in [-0.05, 0) is 96.9 Å². The van der Waals surface area contributed by atoms with E-state index in [0.29, 0.717) is 23.2 Å². The molecule has 0 amide bonds. The van der Waals surface area contributed by atoms with Crippen molar-refractivity contribution in [2.24, 2.45) is 46.3 Å². The highest BCUT2D eigenvalue weighted by atomic mass is 16.3. The van der Waals surface area contributed by atoms with Crippen LogP contribution in [-0.4, -0.2) is 17.5 Å². The van der Waals surface area contributed by atoms with Crippen LogP contribution in [0, 0.1) is 46.3 Å². The van der Waals surface area contributed by atoms with Crippen LogP contribution in [0.1, 0.15) is 98.8 Å². The topological polar surface area (TPSA) is 37.3 Å². The van der Waals surface area contributed by atoms with Gasteiger partial charge in [0, 0.05) is 0 Å². The third-order valence-corrected chi connectivity index (χ3v) is 10.3. The van der Waals surface area contributed by atoms with Crippen molar-refractivity contribution in [2.45, 2.75) is 105 Å². The number of rotatable bonds is 6. The van der Waals surface area contributed by atoms with Gasteiger partial charge in [0.2, 0.25) is 0 Å². The standard InChI is InChI=1S/C27H44O2/c1-17(2)7-6-8-18(3)21-9-10-22-25-20(16-28)24-15-19(29)11-13-27(24,5)23(25)12-14-26(21,22)4/h16-19,21-23,25,29H,6-15H2,1-5H3/t18-,19+,21-,22+,23+,25+,26-,27-/m1/s1. The maximum atomic E-state index is 12.3. The molecule has 4 aliphatic rings. The lowest BCUT2D eigenvalue weighted by Crippen LogP contribution is -2.45. The second-order valence-electron chi connectivity index (χ2n) is 12.1. The number of carbonyl (C=O) groups excluding carboxylic acids is 1. The quantitative estimate of drug-likeness (QED) is 0.512. The summed E-state index contributed by atoms with van der Waals surface area (Å²) in [5.74, 6) is 4.20. The van der Waals surface area contributed by atoms with Crippen LogP contribution in [0.25, 0.3) is 0 Å². The van der Waals surface area contributed by atoms with Gasteiger partial charge in [-0.3, -0.25) is 4.79 Å². The van der Waals surface area contributed by atoms with Gasteiger partial charge in [0.15, 0.2) is 0 Å². The van der Waals surface area contributed by atoms with Gasteiger partial charge in [-0.15, -0.1) is 0 Å². The monoisotopic (exact) mass is 400 g/mol. The Morgan fingerprint density at radius 3 is 2.48 bits per heavy atom. The van der Waals surface area contributed by atoms with Crippen LogP contribution >= 0.6 is 0 Å². The van der Waals surface area contributed by atoms with E-state index < -0.39 is 0 Å². The molecule has 0 aliphatic heterocycles. The second-order valence-corrected chi connectivity index (χ2v) is 12.1. The van der Waals surface area contributed by atoms with Crippen molar-refractivity contribution in [3.8, 4) is 0 Å². The number of allylic oxidation sites excluding steroid dienone is 1. The van der Waals surface area contributed by atoms with Crippen LogP contribution in [0.15, 0.2) is 11.1 Å². The highest BCUT2D eigenvalue weighted by Gasteiger charge is 2.62. The van der Waals surface area contributed by atoms with Crippen molar-refractivity contribution in [3.05, 3.63) is 11.1 Å². The first-order chi connectivity index (χ1) is 13.7. The lowest BCUT2D eigenvalue weighted by atomic mass is 9.52. The van der Waals surface area contributed by atoms with Gasteiger partial charge in [0.1, 0.15) is 6.29 Å². The lowest BCUT2D eigenvalue weighted by molar-refractivity contribution is -0.106. The molecule has 0 radical (unpaired) electrons. The number of hydrogen-bond acceptors (Lipinski definition) is 2. The highest BCUT2D eigenvalue weighted by molar-refractivity contribution is 5.78. The molecule has 3 saturated carbocycles. The summed E-state index contributed by atoms with van der Waals surface area (Å²) in [6.45, 7) is 12.2. The average Bonchev–Trinajstić information content (AvgIpc) is 3.13. The van der Waals surface area contributed by atoms with Crippen LogP contribution < -0.4 is 0 Å². The third-order valence-electron chi connectivity index (χ3n) is 10.3.